The Morgan fingerprint density at radius 1 is 1.12 bits per heavy atom. The fourth-order valence-electron chi connectivity index (χ4n) is 1.64. The van der Waals surface area contributed by atoms with Crippen LogP contribution in [0.25, 0.3) is 5.57 Å². The van der Waals surface area contributed by atoms with Gasteiger partial charge in [-0.1, -0.05) is 17.7 Å². The topological polar surface area (TPSA) is 29.5 Å². The Labute approximate surface area is 103 Å². The molecule has 0 spiro atoms. The van der Waals surface area contributed by atoms with E-state index in [1.165, 1.54) is 7.11 Å². The molecule has 17 heavy (non-hydrogen) atoms. The second kappa shape index (κ2) is 5.53. The lowest BCUT2D eigenvalue weighted by atomic mass is 10.0. The molecule has 0 aromatic heterocycles. The highest BCUT2D eigenvalue weighted by Gasteiger charge is 2.13. The third-order valence-corrected chi connectivity index (χ3v) is 2.56. The Hall–Kier alpha value is -1.77. The average molecular weight is 233 g/mol. The van der Waals surface area contributed by atoms with E-state index in [4.69, 9.17) is 4.74 Å². The predicted molar refractivity (Wildman–Crippen MR) is 71.1 cm³/mol. The first-order valence-electron chi connectivity index (χ1n) is 5.51. The molecule has 0 fully saturated rings. The number of benzene rings is 1. The Kier molecular flexibility index (Phi) is 4.32. The molecule has 0 aliphatic rings. The average Bonchev–Trinajstić information content (AvgIpc) is 2.29. The Morgan fingerprint density at radius 3 is 2.00 bits per heavy atom. The van der Waals surface area contributed by atoms with Gasteiger partial charge in [-0.25, -0.2) is 4.79 Å². The molecule has 0 unspecified atom stereocenters. The minimum atomic E-state index is -0.289. The van der Waals surface area contributed by atoms with Gasteiger partial charge in [-0.05, 0) is 31.5 Å². The lowest BCUT2D eigenvalue weighted by Gasteiger charge is -2.14. The Morgan fingerprint density at radius 2 is 1.65 bits per heavy atom. The maximum atomic E-state index is 11.7. The molecule has 1 aromatic carbocycles. The molecule has 0 saturated heterocycles. The van der Waals surface area contributed by atoms with Crippen LogP contribution in [-0.4, -0.2) is 27.2 Å². The number of allylic oxidation sites excluding steroid dienone is 1. The minimum absolute atomic E-state index is 0.289. The number of anilines is 1. The van der Waals surface area contributed by atoms with E-state index in [0.717, 1.165) is 16.8 Å². The molecule has 3 nitrogen and oxygen atoms in total. The van der Waals surface area contributed by atoms with Crippen LogP contribution < -0.4 is 4.90 Å². The Bertz CT molecular complexity index is 426. The summed E-state index contributed by atoms with van der Waals surface area (Å²) in [5.74, 6) is -0.289. The van der Waals surface area contributed by atoms with Gasteiger partial charge in [-0.15, -0.1) is 0 Å². The van der Waals surface area contributed by atoms with Crippen molar-refractivity contribution in [1.82, 2.24) is 0 Å². The number of nitrogens with zero attached hydrogens (tertiary/aromatic N) is 1. The molecule has 0 heterocycles. The van der Waals surface area contributed by atoms with Crippen LogP contribution in [0.3, 0.4) is 0 Å². The molecular weight excluding hydrogens is 214 g/mol. The molecule has 1 rings (SSSR count). The standard InChI is InChI=1S/C14H19NO2/c1-10(2)13(14(16)17-5)11-6-8-12(9-7-11)15(3)4/h6-9H,1-5H3. The SMILES string of the molecule is COC(=O)C(=C(C)C)c1ccc(N(C)C)cc1. The van der Waals surface area contributed by atoms with Gasteiger partial charge in [0.2, 0.25) is 0 Å². The van der Waals surface area contributed by atoms with E-state index in [2.05, 4.69) is 0 Å². The number of methoxy groups -OCH3 is 1. The van der Waals surface area contributed by atoms with E-state index in [1.54, 1.807) is 0 Å². The number of rotatable bonds is 3. The van der Waals surface area contributed by atoms with E-state index in [9.17, 15) is 4.79 Å². The fraction of sp³-hybridized carbons (Fsp3) is 0.357. The lowest BCUT2D eigenvalue weighted by molar-refractivity contribution is -0.133. The van der Waals surface area contributed by atoms with Gasteiger partial charge in [0.05, 0.1) is 12.7 Å². The quantitative estimate of drug-likeness (QED) is 0.594. The van der Waals surface area contributed by atoms with Gasteiger partial charge in [0.1, 0.15) is 0 Å². The number of carbonyl (C=O) groups is 1. The molecule has 0 saturated carbocycles. The minimum Gasteiger partial charge on any atom is -0.465 e. The highest BCUT2D eigenvalue weighted by atomic mass is 16.5. The number of hydrogen-bond acceptors (Lipinski definition) is 3. The van der Waals surface area contributed by atoms with E-state index in [1.807, 2.05) is 57.1 Å². The molecule has 0 radical (unpaired) electrons. The van der Waals surface area contributed by atoms with E-state index in [-0.39, 0.29) is 5.97 Å². The Balaban J connectivity index is 3.14. The number of ether oxygens (including phenoxy) is 1. The molecule has 92 valence electrons. The molecule has 0 atom stereocenters. The van der Waals surface area contributed by atoms with Crippen molar-refractivity contribution in [2.45, 2.75) is 13.8 Å². The van der Waals surface area contributed by atoms with Crippen LogP contribution in [-0.2, 0) is 9.53 Å². The summed E-state index contributed by atoms with van der Waals surface area (Å²) in [6.07, 6.45) is 0. The zero-order valence-electron chi connectivity index (χ0n) is 11.1. The summed E-state index contributed by atoms with van der Waals surface area (Å²) in [6, 6.07) is 7.85. The first-order valence-corrected chi connectivity index (χ1v) is 5.51. The third-order valence-electron chi connectivity index (χ3n) is 2.56. The zero-order valence-corrected chi connectivity index (χ0v) is 11.1. The molecule has 0 aliphatic heterocycles. The van der Waals surface area contributed by atoms with Crippen LogP contribution in [0.2, 0.25) is 0 Å². The van der Waals surface area contributed by atoms with Crippen LogP contribution in [0, 0.1) is 0 Å². The van der Waals surface area contributed by atoms with Crippen molar-refractivity contribution in [2.75, 3.05) is 26.1 Å². The summed E-state index contributed by atoms with van der Waals surface area (Å²) in [4.78, 5) is 13.7. The molecule has 0 aliphatic carbocycles. The molecule has 3 heteroatoms. The van der Waals surface area contributed by atoms with Crippen molar-refractivity contribution in [2.24, 2.45) is 0 Å². The number of esters is 1. The van der Waals surface area contributed by atoms with Crippen LogP contribution in [0.15, 0.2) is 29.8 Å². The summed E-state index contributed by atoms with van der Waals surface area (Å²) in [7, 11) is 5.37. The summed E-state index contributed by atoms with van der Waals surface area (Å²) >= 11 is 0. The van der Waals surface area contributed by atoms with Crippen molar-refractivity contribution in [1.29, 1.82) is 0 Å². The van der Waals surface area contributed by atoms with Gasteiger partial charge in [-0.3, -0.25) is 0 Å². The van der Waals surface area contributed by atoms with Crippen LogP contribution in [0.5, 0.6) is 0 Å². The molecule has 0 bridgehead atoms. The van der Waals surface area contributed by atoms with E-state index < -0.39 is 0 Å². The van der Waals surface area contributed by atoms with Gasteiger partial charge in [0.15, 0.2) is 0 Å². The summed E-state index contributed by atoms with van der Waals surface area (Å²) in [5.41, 5.74) is 3.58. The summed E-state index contributed by atoms with van der Waals surface area (Å²) in [5, 5.41) is 0. The first kappa shape index (κ1) is 13.3. The summed E-state index contributed by atoms with van der Waals surface area (Å²) < 4.78 is 4.80. The second-order valence-corrected chi connectivity index (χ2v) is 4.31. The lowest BCUT2D eigenvalue weighted by Crippen LogP contribution is -2.09. The van der Waals surface area contributed by atoms with Crippen molar-refractivity contribution < 1.29 is 9.53 Å². The summed E-state index contributed by atoms with van der Waals surface area (Å²) in [6.45, 7) is 3.82. The highest BCUT2D eigenvalue weighted by Crippen LogP contribution is 2.22. The van der Waals surface area contributed by atoms with Crippen molar-refractivity contribution in [3.05, 3.63) is 35.4 Å². The van der Waals surface area contributed by atoms with Gasteiger partial charge >= 0.3 is 5.97 Å². The fourth-order valence-corrected chi connectivity index (χ4v) is 1.64. The normalized spacial score (nSPS) is 9.71. The molecule has 0 amide bonds. The third kappa shape index (κ3) is 3.09. The van der Waals surface area contributed by atoms with Gasteiger partial charge in [-0.2, -0.15) is 0 Å². The smallest absolute Gasteiger partial charge is 0.338 e. The zero-order chi connectivity index (χ0) is 13.0. The van der Waals surface area contributed by atoms with Crippen molar-refractivity contribution in [3.8, 4) is 0 Å². The van der Waals surface area contributed by atoms with E-state index in [0.29, 0.717) is 5.57 Å². The number of hydrogen-bond donors (Lipinski definition) is 0. The van der Waals surface area contributed by atoms with Crippen LogP contribution >= 0.6 is 0 Å². The highest BCUT2D eigenvalue weighted by molar-refractivity contribution is 6.17. The molecule has 0 N–H and O–H groups in total. The van der Waals surface area contributed by atoms with Crippen molar-refractivity contribution >= 4 is 17.2 Å². The van der Waals surface area contributed by atoms with Crippen LogP contribution in [0.4, 0.5) is 5.69 Å². The maximum absolute atomic E-state index is 11.7. The largest absolute Gasteiger partial charge is 0.465 e. The van der Waals surface area contributed by atoms with E-state index >= 15 is 0 Å². The number of carbonyl (C=O) groups excluding carboxylic acids is 1. The predicted octanol–water partition coefficient (Wildman–Crippen LogP) is 2.72. The maximum Gasteiger partial charge on any atom is 0.338 e. The monoisotopic (exact) mass is 233 g/mol. The molecular formula is C14H19NO2. The van der Waals surface area contributed by atoms with Gasteiger partial charge in [0.25, 0.3) is 0 Å². The van der Waals surface area contributed by atoms with Gasteiger partial charge < -0.3 is 9.64 Å². The van der Waals surface area contributed by atoms with Crippen molar-refractivity contribution in [3.63, 3.8) is 0 Å². The van der Waals surface area contributed by atoms with Gasteiger partial charge in [0, 0.05) is 19.8 Å². The molecule has 1 aromatic rings. The second-order valence-electron chi connectivity index (χ2n) is 4.31. The van der Waals surface area contributed by atoms with Crippen LogP contribution in [0.1, 0.15) is 19.4 Å². The first-order chi connectivity index (χ1) is 7.97.